The molecule has 0 amide bonds. The molecule has 1 aliphatic carbocycles. The maximum absolute atomic E-state index is 10.6. The van der Waals surface area contributed by atoms with Crippen molar-refractivity contribution in [2.24, 2.45) is 0 Å². The molecule has 0 spiro atoms. The summed E-state index contributed by atoms with van der Waals surface area (Å²) in [5.74, 6) is -4.25. The Balaban J connectivity index is 0.000000288. The van der Waals surface area contributed by atoms with Gasteiger partial charge in [-0.05, 0) is 38.7 Å². The molecule has 2 aromatic rings. The highest BCUT2D eigenvalue weighted by atomic mass is 32.1. The molecule has 8 nitrogen and oxygen atoms in total. The van der Waals surface area contributed by atoms with Crippen LogP contribution in [0.15, 0.2) is 0 Å². The molecule has 2 heterocycles. The van der Waals surface area contributed by atoms with Gasteiger partial charge in [-0.3, -0.25) is 0 Å². The molecule has 0 aliphatic heterocycles. The zero-order chi connectivity index (χ0) is 24.1. The summed E-state index contributed by atoms with van der Waals surface area (Å²) in [6, 6.07) is 0.318. The van der Waals surface area contributed by atoms with Crippen molar-refractivity contribution in [1.29, 1.82) is 0 Å². The second-order valence-electron chi connectivity index (χ2n) is 6.37. The average Bonchev–Trinajstić information content (AvgIpc) is 3.13. The summed E-state index contributed by atoms with van der Waals surface area (Å²) in [6.07, 6.45) is -6.63. The van der Waals surface area contributed by atoms with Crippen LogP contribution in [0.1, 0.15) is 30.7 Å². The second kappa shape index (κ2) is 9.98. The Labute approximate surface area is 175 Å². The number of aromatic nitrogens is 2. The number of hydrogen-bond acceptors (Lipinski definition) is 7. The van der Waals surface area contributed by atoms with Crippen LogP contribution >= 0.6 is 11.3 Å². The van der Waals surface area contributed by atoms with E-state index in [4.69, 9.17) is 25.5 Å². The highest BCUT2D eigenvalue weighted by molar-refractivity contribution is 7.19. The van der Waals surface area contributed by atoms with Crippen molar-refractivity contribution >= 4 is 45.3 Å². The normalized spacial score (nSPS) is 13.1. The number of aryl methyl sites for hydroxylation is 2. The maximum Gasteiger partial charge on any atom is 0.490 e. The number of carboxylic acid groups (broad SMARTS) is 2. The van der Waals surface area contributed by atoms with Crippen molar-refractivity contribution in [3.05, 3.63) is 10.4 Å². The van der Waals surface area contributed by atoms with Crippen molar-refractivity contribution in [2.45, 2.75) is 51.5 Å². The number of thiophene rings is 1. The summed E-state index contributed by atoms with van der Waals surface area (Å²) in [7, 11) is 0. The number of rotatable bonds is 2. The van der Waals surface area contributed by atoms with Crippen LogP contribution in [0.4, 0.5) is 38.1 Å². The van der Waals surface area contributed by atoms with Gasteiger partial charge in [-0.15, -0.1) is 11.3 Å². The van der Waals surface area contributed by atoms with Crippen molar-refractivity contribution < 1.29 is 46.1 Å². The van der Waals surface area contributed by atoms with E-state index in [0.717, 1.165) is 16.6 Å². The zero-order valence-electron chi connectivity index (χ0n) is 16.1. The van der Waals surface area contributed by atoms with E-state index in [1.807, 2.05) is 0 Å². The highest BCUT2D eigenvalue weighted by Crippen LogP contribution is 2.39. The molecule has 0 aromatic carbocycles. The third-order valence-corrected chi connectivity index (χ3v) is 4.68. The van der Waals surface area contributed by atoms with Gasteiger partial charge in [-0.1, -0.05) is 0 Å². The lowest BCUT2D eigenvalue weighted by Crippen LogP contribution is -2.21. The molecule has 0 saturated carbocycles. The number of hydrogen-bond donors (Lipinski definition) is 4. The molecule has 0 unspecified atom stereocenters. The van der Waals surface area contributed by atoms with Crippen LogP contribution in [-0.2, 0) is 22.4 Å². The number of carboxylic acids is 2. The lowest BCUT2D eigenvalue weighted by atomic mass is 10.2. The first kappa shape index (κ1) is 26.2. The van der Waals surface area contributed by atoms with E-state index in [1.165, 1.54) is 23.3 Å². The van der Waals surface area contributed by atoms with Gasteiger partial charge >= 0.3 is 24.3 Å². The van der Waals surface area contributed by atoms with Gasteiger partial charge in [0.05, 0.1) is 5.39 Å². The van der Waals surface area contributed by atoms with Gasteiger partial charge in [0, 0.05) is 10.9 Å². The van der Waals surface area contributed by atoms with Gasteiger partial charge in [0.25, 0.3) is 0 Å². The number of nitrogens with two attached hydrogens (primary N) is 1. The first-order valence-electron chi connectivity index (χ1n) is 8.48. The summed E-state index contributed by atoms with van der Waals surface area (Å²) < 4.78 is 63.5. The van der Waals surface area contributed by atoms with Crippen LogP contribution < -0.4 is 11.1 Å². The monoisotopic (exact) mass is 476 g/mol. The van der Waals surface area contributed by atoms with Gasteiger partial charge in [0.15, 0.2) is 0 Å². The number of anilines is 2. The van der Waals surface area contributed by atoms with Crippen molar-refractivity contribution in [3.8, 4) is 0 Å². The summed E-state index contributed by atoms with van der Waals surface area (Å²) in [5, 5.41) is 18.6. The summed E-state index contributed by atoms with van der Waals surface area (Å²) in [6.45, 7) is 4.14. The topological polar surface area (TPSA) is 138 Å². The summed E-state index contributed by atoms with van der Waals surface area (Å²) >= 11 is 1.77. The Hall–Kier alpha value is -2.84. The highest BCUT2D eigenvalue weighted by Gasteiger charge is 2.38. The molecule has 15 heteroatoms. The molecule has 2 aromatic heterocycles. The number of nitrogen functional groups attached to an aromatic ring is 1. The quantitative estimate of drug-likeness (QED) is 0.480. The van der Waals surface area contributed by atoms with Crippen LogP contribution in [0.5, 0.6) is 0 Å². The van der Waals surface area contributed by atoms with Gasteiger partial charge < -0.3 is 21.3 Å². The largest absolute Gasteiger partial charge is 0.490 e. The van der Waals surface area contributed by atoms with Crippen LogP contribution in [-0.4, -0.2) is 50.5 Å². The number of halogens is 6. The number of alkyl halides is 6. The van der Waals surface area contributed by atoms with Gasteiger partial charge in [-0.25, -0.2) is 14.6 Å². The number of nitrogens with one attached hydrogen (secondary N) is 1. The maximum atomic E-state index is 10.6. The lowest BCUT2D eigenvalue weighted by molar-refractivity contribution is -0.193. The number of aliphatic carboxylic acids is 2. The lowest BCUT2D eigenvalue weighted by Gasteiger charge is -2.08. The number of nitrogens with zero attached hydrogens (tertiary/aromatic N) is 2. The van der Waals surface area contributed by atoms with E-state index >= 15 is 0 Å². The second-order valence-corrected chi connectivity index (χ2v) is 7.46. The fourth-order valence-corrected chi connectivity index (χ4v) is 3.62. The molecule has 3 rings (SSSR count). The molecule has 0 bridgehead atoms. The summed E-state index contributed by atoms with van der Waals surface area (Å²) in [4.78, 5) is 29.2. The molecule has 5 N–H and O–H groups in total. The first-order chi connectivity index (χ1) is 14.0. The van der Waals surface area contributed by atoms with Crippen molar-refractivity contribution in [1.82, 2.24) is 9.97 Å². The molecule has 0 atom stereocenters. The van der Waals surface area contributed by atoms with Crippen LogP contribution in [0.2, 0.25) is 0 Å². The number of carbonyl (C=O) groups is 2. The minimum atomic E-state index is -5.08. The standard InChI is InChI=1S/C12H16N4S.2C2HF3O2/c1-6(2)14-12-15-10(13)9-7-4-3-5-8(7)17-11(9)16-12;2*3-2(4,5)1(6)7/h6H,3-5H2,1-2H3,(H3,13,14,15,16);2*(H,6,7). The predicted octanol–water partition coefficient (Wildman–Crippen LogP) is 3.85. The number of fused-ring (bicyclic) bond motifs is 3. The minimum absolute atomic E-state index is 0.318. The SMILES string of the molecule is CC(C)Nc1nc(N)c2c3c(sc2n1)CCC3.O=C(O)C(F)(F)F.O=C(O)C(F)(F)F. The average molecular weight is 476 g/mol. The van der Waals surface area contributed by atoms with Crippen LogP contribution in [0, 0.1) is 0 Å². The van der Waals surface area contributed by atoms with Gasteiger partial charge in [0.2, 0.25) is 5.95 Å². The summed E-state index contributed by atoms with van der Waals surface area (Å²) in [5.41, 5.74) is 7.45. The van der Waals surface area contributed by atoms with Gasteiger partial charge in [-0.2, -0.15) is 31.3 Å². The van der Waals surface area contributed by atoms with E-state index in [2.05, 4.69) is 29.1 Å². The Morgan fingerprint density at radius 2 is 1.52 bits per heavy atom. The van der Waals surface area contributed by atoms with Gasteiger partial charge in [0.1, 0.15) is 10.6 Å². The molecule has 174 valence electrons. The van der Waals surface area contributed by atoms with Crippen LogP contribution in [0.25, 0.3) is 10.2 Å². The molecule has 0 fully saturated rings. The Kier molecular flexibility index (Phi) is 8.43. The van der Waals surface area contributed by atoms with E-state index in [1.54, 1.807) is 11.3 Å². The van der Waals surface area contributed by atoms with E-state index in [9.17, 15) is 26.3 Å². The first-order valence-corrected chi connectivity index (χ1v) is 9.30. The Morgan fingerprint density at radius 1 is 1.03 bits per heavy atom. The Morgan fingerprint density at radius 3 is 1.94 bits per heavy atom. The van der Waals surface area contributed by atoms with E-state index < -0.39 is 24.3 Å². The fraction of sp³-hybridized carbons (Fsp3) is 0.500. The van der Waals surface area contributed by atoms with E-state index in [-0.39, 0.29) is 0 Å². The Bertz CT molecular complexity index is 919. The fourth-order valence-electron chi connectivity index (χ4n) is 2.35. The molecular weight excluding hydrogens is 458 g/mol. The molecular formula is C16H18F6N4O4S. The smallest absolute Gasteiger partial charge is 0.475 e. The third-order valence-electron chi connectivity index (χ3n) is 3.50. The minimum Gasteiger partial charge on any atom is -0.475 e. The third kappa shape index (κ3) is 7.73. The molecule has 0 radical (unpaired) electrons. The molecule has 1 aliphatic rings. The van der Waals surface area contributed by atoms with Crippen molar-refractivity contribution in [2.75, 3.05) is 11.1 Å². The molecule has 31 heavy (non-hydrogen) atoms. The van der Waals surface area contributed by atoms with E-state index in [0.29, 0.717) is 17.8 Å². The van der Waals surface area contributed by atoms with Crippen molar-refractivity contribution in [3.63, 3.8) is 0 Å². The molecule has 0 saturated heterocycles. The predicted molar refractivity (Wildman–Crippen MR) is 100.0 cm³/mol. The zero-order valence-corrected chi connectivity index (χ0v) is 16.9. The van der Waals surface area contributed by atoms with Crippen LogP contribution in [0.3, 0.4) is 0 Å².